The second-order valence-electron chi connectivity index (χ2n) is 5.33. The molecule has 1 aliphatic rings. The Labute approximate surface area is 115 Å². The van der Waals surface area contributed by atoms with Crippen molar-refractivity contribution in [3.8, 4) is 0 Å². The first-order chi connectivity index (χ1) is 8.40. The van der Waals surface area contributed by atoms with Gasteiger partial charge in [0.1, 0.15) is 11.5 Å². The van der Waals surface area contributed by atoms with Crippen LogP contribution in [0.2, 0.25) is 0 Å². The molecule has 18 heavy (non-hydrogen) atoms. The molecule has 1 aromatic heterocycles. The van der Waals surface area contributed by atoms with Gasteiger partial charge in [-0.05, 0) is 24.0 Å². The number of aromatic nitrogens is 1. The van der Waals surface area contributed by atoms with Crippen LogP contribution >= 0.6 is 15.9 Å². The Kier molecular flexibility index (Phi) is 3.71. The van der Waals surface area contributed by atoms with Gasteiger partial charge in [-0.1, -0.05) is 29.8 Å². The summed E-state index contributed by atoms with van der Waals surface area (Å²) in [6.07, 6.45) is 2.00. The van der Waals surface area contributed by atoms with Crippen molar-refractivity contribution >= 4 is 21.8 Å². The van der Waals surface area contributed by atoms with E-state index >= 15 is 0 Å². The van der Waals surface area contributed by atoms with Crippen LogP contribution < -0.4 is 0 Å². The van der Waals surface area contributed by atoms with E-state index in [4.69, 9.17) is 0 Å². The smallest absolute Gasteiger partial charge is 0.272 e. The zero-order valence-electron chi connectivity index (χ0n) is 10.5. The molecule has 0 N–H and O–H groups in total. The molecular formula is C13H16BrFN2O. The second-order valence-corrected chi connectivity index (χ2v) is 6.44. The number of hydrogen-bond donors (Lipinski definition) is 0. The fourth-order valence-electron chi connectivity index (χ4n) is 2.17. The monoisotopic (exact) mass is 314 g/mol. The molecule has 5 heteroatoms. The van der Waals surface area contributed by atoms with E-state index in [-0.39, 0.29) is 11.3 Å². The first kappa shape index (κ1) is 13.5. The van der Waals surface area contributed by atoms with E-state index in [9.17, 15) is 9.18 Å². The van der Waals surface area contributed by atoms with Crippen molar-refractivity contribution in [2.24, 2.45) is 5.41 Å². The molecule has 3 nitrogen and oxygen atoms in total. The summed E-state index contributed by atoms with van der Waals surface area (Å²) in [5.41, 5.74) is 0.341. The minimum Gasteiger partial charge on any atom is -0.337 e. The molecule has 0 aromatic carbocycles. The maximum absolute atomic E-state index is 12.8. The van der Waals surface area contributed by atoms with Gasteiger partial charge >= 0.3 is 0 Å². The van der Waals surface area contributed by atoms with E-state index in [0.29, 0.717) is 23.6 Å². The highest BCUT2D eigenvalue weighted by molar-refractivity contribution is 9.09. The largest absolute Gasteiger partial charge is 0.337 e. The van der Waals surface area contributed by atoms with E-state index in [2.05, 4.69) is 34.8 Å². The first-order valence-corrected chi connectivity index (χ1v) is 6.86. The Morgan fingerprint density at radius 1 is 1.56 bits per heavy atom. The summed E-state index contributed by atoms with van der Waals surface area (Å²) in [6.45, 7) is 5.64. The minimum absolute atomic E-state index is 0.0357. The van der Waals surface area contributed by atoms with Crippen LogP contribution in [0.15, 0.2) is 18.3 Å². The molecule has 1 aliphatic heterocycles. The van der Waals surface area contributed by atoms with Crippen molar-refractivity contribution in [1.29, 1.82) is 0 Å². The topological polar surface area (TPSA) is 33.2 Å². The van der Waals surface area contributed by atoms with E-state index in [1.165, 1.54) is 12.1 Å². The van der Waals surface area contributed by atoms with Gasteiger partial charge in [0.05, 0.1) is 6.20 Å². The highest BCUT2D eigenvalue weighted by Crippen LogP contribution is 2.34. The van der Waals surface area contributed by atoms with Gasteiger partial charge in [-0.25, -0.2) is 9.37 Å². The average molecular weight is 315 g/mol. The fourth-order valence-corrected chi connectivity index (χ4v) is 2.52. The zero-order chi connectivity index (χ0) is 13.3. The zero-order valence-corrected chi connectivity index (χ0v) is 12.1. The Hall–Kier alpha value is -0.970. The van der Waals surface area contributed by atoms with Crippen molar-refractivity contribution in [1.82, 2.24) is 9.88 Å². The fraction of sp³-hybridized carbons (Fsp3) is 0.538. The van der Waals surface area contributed by atoms with Gasteiger partial charge < -0.3 is 4.90 Å². The molecule has 1 unspecified atom stereocenters. The van der Waals surface area contributed by atoms with Crippen LogP contribution in [0.25, 0.3) is 0 Å². The summed E-state index contributed by atoms with van der Waals surface area (Å²) in [4.78, 5) is 18.3. The number of piperidine rings is 1. The summed E-state index contributed by atoms with van der Waals surface area (Å²) in [6, 6.07) is 2.70. The first-order valence-electron chi connectivity index (χ1n) is 5.95. The summed E-state index contributed by atoms with van der Waals surface area (Å²) >= 11 is 3.65. The second kappa shape index (κ2) is 4.96. The molecule has 1 saturated heterocycles. The van der Waals surface area contributed by atoms with Crippen LogP contribution in [-0.4, -0.2) is 33.7 Å². The molecule has 98 valence electrons. The van der Waals surface area contributed by atoms with Crippen LogP contribution in [-0.2, 0) is 0 Å². The lowest BCUT2D eigenvalue weighted by molar-refractivity contribution is 0.0596. The van der Waals surface area contributed by atoms with E-state index in [1.54, 1.807) is 4.90 Å². The molecule has 2 heterocycles. The van der Waals surface area contributed by atoms with Gasteiger partial charge in [0.25, 0.3) is 5.91 Å². The lowest BCUT2D eigenvalue weighted by Gasteiger charge is -2.41. The molecule has 1 aromatic rings. The lowest BCUT2D eigenvalue weighted by Crippen LogP contribution is -2.48. The SMILES string of the molecule is CC1(C)CN(C(=O)c2ccc(F)cn2)CCC1Br. The molecule has 0 spiro atoms. The number of likely N-dealkylation sites (tertiary alicyclic amines) is 1. The van der Waals surface area contributed by atoms with E-state index < -0.39 is 5.82 Å². The molecule has 1 amide bonds. The number of carbonyl (C=O) groups is 1. The predicted molar refractivity (Wildman–Crippen MR) is 71.2 cm³/mol. The van der Waals surface area contributed by atoms with Crippen LogP contribution in [0.4, 0.5) is 4.39 Å². The van der Waals surface area contributed by atoms with Crippen molar-refractivity contribution < 1.29 is 9.18 Å². The maximum Gasteiger partial charge on any atom is 0.272 e. The minimum atomic E-state index is -0.425. The summed E-state index contributed by atoms with van der Waals surface area (Å²) in [5.74, 6) is -0.548. The number of pyridine rings is 1. The van der Waals surface area contributed by atoms with Crippen LogP contribution in [0.5, 0.6) is 0 Å². The molecule has 0 bridgehead atoms. The summed E-state index contributed by atoms with van der Waals surface area (Å²) in [5, 5.41) is 0. The van der Waals surface area contributed by atoms with E-state index in [1.807, 2.05) is 0 Å². The van der Waals surface area contributed by atoms with Crippen LogP contribution in [0.3, 0.4) is 0 Å². The van der Waals surface area contributed by atoms with Gasteiger partial charge in [0.15, 0.2) is 0 Å². The number of amides is 1. The van der Waals surface area contributed by atoms with Crippen LogP contribution in [0, 0.1) is 11.2 Å². The average Bonchev–Trinajstić information content (AvgIpc) is 2.33. The molecule has 0 radical (unpaired) electrons. The van der Waals surface area contributed by atoms with Gasteiger partial charge in [-0.2, -0.15) is 0 Å². The third-order valence-electron chi connectivity index (χ3n) is 3.33. The van der Waals surface area contributed by atoms with Crippen molar-refractivity contribution in [2.75, 3.05) is 13.1 Å². The summed E-state index contributed by atoms with van der Waals surface area (Å²) in [7, 11) is 0. The van der Waals surface area contributed by atoms with E-state index in [0.717, 1.165) is 12.6 Å². The Bertz CT molecular complexity index is 447. The normalized spacial score (nSPS) is 22.9. The maximum atomic E-state index is 12.8. The summed E-state index contributed by atoms with van der Waals surface area (Å²) < 4.78 is 12.8. The van der Waals surface area contributed by atoms with Gasteiger partial charge in [0, 0.05) is 17.9 Å². The molecule has 1 atom stereocenters. The van der Waals surface area contributed by atoms with Gasteiger partial charge in [0.2, 0.25) is 0 Å². The molecule has 2 rings (SSSR count). The number of carbonyl (C=O) groups excluding carboxylic acids is 1. The number of hydrogen-bond acceptors (Lipinski definition) is 2. The molecule has 0 saturated carbocycles. The molecule has 0 aliphatic carbocycles. The van der Waals surface area contributed by atoms with Crippen molar-refractivity contribution in [3.63, 3.8) is 0 Å². The number of rotatable bonds is 1. The van der Waals surface area contributed by atoms with Crippen LogP contribution in [0.1, 0.15) is 30.8 Å². The standard InChI is InChI=1S/C13H16BrFN2O/c1-13(2)8-17(6-5-11(13)14)12(18)10-4-3-9(15)7-16-10/h3-4,7,11H,5-6,8H2,1-2H3. The third kappa shape index (κ3) is 2.71. The quantitative estimate of drug-likeness (QED) is 0.747. The number of alkyl halides is 1. The molecule has 1 fully saturated rings. The van der Waals surface area contributed by atoms with Gasteiger partial charge in [-0.3, -0.25) is 4.79 Å². The third-order valence-corrected chi connectivity index (χ3v) is 5.03. The van der Waals surface area contributed by atoms with Gasteiger partial charge in [-0.15, -0.1) is 0 Å². The Morgan fingerprint density at radius 3 is 2.83 bits per heavy atom. The lowest BCUT2D eigenvalue weighted by atomic mass is 9.84. The predicted octanol–water partition coefficient (Wildman–Crippen LogP) is 2.86. The Balaban J connectivity index is 2.13. The molecular weight excluding hydrogens is 299 g/mol. The van der Waals surface area contributed by atoms with Crippen molar-refractivity contribution in [2.45, 2.75) is 25.1 Å². The highest BCUT2D eigenvalue weighted by Gasteiger charge is 2.36. The number of nitrogens with zero attached hydrogens (tertiary/aromatic N) is 2. The number of halogens is 2. The highest BCUT2D eigenvalue weighted by atomic mass is 79.9. The van der Waals surface area contributed by atoms with Crippen molar-refractivity contribution in [3.05, 3.63) is 29.8 Å². The Morgan fingerprint density at radius 2 is 2.28 bits per heavy atom.